The van der Waals surface area contributed by atoms with Gasteiger partial charge in [0.05, 0.1) is 11.4 Å². The first-order chi connectivity index (χ1) is 7.06. The third-order valence-electron chi connectivity index (χ3n) is 2.42. The van der Waals surface area contributed by atoms with Crippen LogP contribution < -0.4 is 16.0 Å². The number of nitrogen functional groups attached to an aromatic ring is 1. The Morgan fingerprint density at radius 1 is 1.47 bits per heavy atom. The average Bonchev–Trinajstić information content (AvgIpc) is 2.20. The van der Waals surface area contributed by atoms with Crippen LogP contribution in [0.3, 0.4) is 0 Å². The molecule has 3 N–H and O–H groups in total. The number of aryl methyl sites for hydroxylation is 1. The Balaban J connectivity index is 2.88. The Hall–Kier alpha value is -1.29. The minimum atomic E-state index is -0.252. The van der Waals surface area contributed by atoms with Gasteiger partial charge in [0.2, 0.25) is 0 Å². The van der Waals surface area contributed by atoms with Crippen molar-refractivity contribution in [3.05, 3.63) is 23.5 Å². The fourth-order valence-corrected chi connectivity index (χ4v) is 1.41. The molecule has 0 saturated heterocycles. The largest absolute Gasteiger partial charge is 0.397 e. The Kier molecular flexibility index (Phi) is 3.91. The van der Waals surface area contributed by atoms with Crippen molar-refractivity contribution >= 4 is 11.4 Å². The lowest BCUT2D eigenvalue weighted by Gasteiger charge is -2.21. The third-order valence-corrected chi connectivity index (χ3v) is 2.42. The Morgan fingerprint density at radius 3 is 2.73 bits per heavy atom. The number of benzene rings is 1. The van der Waals surface area contributed by atoms with Gasteiger partial charge in [0.15, 0.2) is 0 Å². The second-order valence-electron chi connectivity index (χ2n) is 3.69. The number of anilines is 2. The number of hydrogen-bond acceptors (Lipinski definition) is 3. The molecule has 0 heterocycles. The van der Waals surface area contributed by atoms with Crippen molar-refractivity contribution in [3.8, 4) is 0 Å². The van der Waals surface area contributed by atoms with Crippen LogP contribution in [0.1, 0.15) is 5.56 Å². The smallest absolute Gasteiger partial charge is 0.128 e. The van der Waals surface area contributed by atoms with Gasteiger partial charge in [-0.05, 0) is 31.7 Å². The van der Waals surface area contributed by atoms with Crippen LogP contribution in [0.4, 0.5) is 15.8 Å². The van der Waals surface area contributed by atoms with E-state index in [4.69, 9.17) is 5.73 Å². The van der Waals surface area contributed by atoms with Gasteiger partial charge >= 0.3 is 0 Å². The van der Waals surface area contributed by atoms with Crippen molar-refractivity contribution in [2.45, 2.75) is 6.92 Å². The Labute approximate surface area is 90.1 Å². The van der Waals surface area contributed by atoms with Crippen molar-refractivity contribution in [3.63, 3.8) is 0 Å². The summed E-state index contributed by atoms with van der Waals surface area (Å²) in [6.45, 7) is 3.45. The van der Waals surface area contributed by atoms with Gasteiger partial charge in [-0.15, -0.1) is 0 Å². The molecule has 0 aromatic heterocycles. The maximum Gasteiger partial charge on any atom is 0.128 e. The lowest BCUT2D eigenvalue weighted by atomic mass is 10.1. The summed E-state index contributed by atoms with van der Waals surface area (Å²) in [4.78, 5) is 2.01. The number of nitrogens with zero attached hydrogens (tertiary/aromatic N) is 1. The summed E-state index contributed by atoms with van der Waals surface area (Å²) in [7, 11) is 3.84. The highest BCUT2D eigenvalue weighted by Crippen LogP contribution is 2.25. The van der Waals surface area contributed by atoms with Crippen molar-refractivity contribution in [1.82, 2.24) is 5.32 Å². The van der Waals surface area contributed by atoms with E-state index < -0.39 is 0 Å². The van der Waals surface area contributed by atoms with Gasteiger partial charge < -0.3 is 16.0 Å². The maximum atomic E-state index is 13.2. The van der Waals surface area contributed by atoms with E-state index in [0.717, 1.165) is 18.8 Å². The first kappa shape index (κ1) is 11.8. The molecule has 0 amide bonds. The van der Waals surface area contributed by atoms with Crippen molar-refractivity contribution in [1.29, 1.82) is 0 Å². The molecule has 1 rings (SSSR count). The zero-order chi connectivity index (χ0) is 11.4. The van der Waals surface area contributed by atoms with Crippen LogP contribution in [0.5, 0.6) is 0 Å². The number of rotatable bonds is 4. The van der Waals surface area contributed by atoms with E-state index in [1.165, 1.54) is 6.07 Å². The fourth-order valence-electron chi connectivity index (χ4n) is 1.41. The molecular formula is C11H18FN3. The number of nitrogens with two attached hydrogens (primary N) is 1. The summed E-state index contributed by atoms with van der Waals surface area (Å²) in [5.41, 5.74) is 7.74. The van der Waals surface area contributed by atoms with Crippen LogP contribution in [0.15, 0.2) is 12.1 Å². The van der Waals surface area contributed by atoms with E-state index >= 15 is 0 Å². The minimum Gasteiger partial charge on any atom is -0.397 e. The van der Waals surface area contributed by atoms with Crippen molar-refractivity contribution in [2.24, 2.45) is 0 Å². The number of nitrogens with one attached hydrogen (secondary N) is 1. The standard InChI is InChI=1S/C11H18FN3/c1-8-6-11(10(13)7-9(8)12)15(3)5-4-14-2/h6-7,14H,4-5,13H2,1-3H3. The third kappa shape index (κ3) is 2.83. The van der Waals surface area contributed by atoms with Gasteiger partial charge in [-0.3, -0.25) is 0 Å². The van der Waals surface area contributed by atoms with E-state index in [-0.39, 0.29) is 5.82 Å². The van der Waals surface area contributed by atoms with Gasteiger partial charge in [0.25, 0.3) is 0 Å². The predicted octanol–water partition coefficient (Wildman–Crippen LogP) is 1.37. The molecule has 0 radical (unpaired) electrons. The van der Waals surface area contributed by atoms with E-state index in [2.05, 4.69) is 5.32 Å². The molecule has 15 heavy (non-hydrogen) atoms. The molecule has 0 aliphatic carbocycles. The average molecular weight is 211 g/mol. The molecule has 1 aromatic rings. The highest BCUT2D eigenvalue weighted by Gasteiger charge is 2.08. The SMILES string of the molecule is CNCCN(C)c1cc(C)c(F)cc1N. The summed E-state index contributed by atoms with van der Waals surface area (Å²) >= 11 is 0. The Bertz CT molecular complexity index is 339. The first-order valence-corrected chi connectivity index (χ1v) is 4.97. The highest BCUT2D eigenvalue weighted by atomic mass is 19.1. The van der Waals surface area contributed by atoms with Crippen LogP contribution in [0, 0.1) is 12.7 Å². The first-order valence-electron chi connectivity index (χ1n) is 4.97. The summed E-state index contributed by atoms with van der Waals surface area (Å²) in [6.07, 6.45) is 0. The van der Waals surface area contributed by atoms with E-state index in [1.54, 1.807) is 13.0 Å². The molecule has 0 atom stereocenters. The number of hydrogen-bond donors (Lipinski definition) is 2. The molecular weight excluding hydrogens is 193 g/mol. The normalized spacial score (nSPS) is 10.4. The second-order valence-corrected chi connectivity index (χ2v) is 3.69. The summed E-state index contributed by atoms with van der Waals surface area (Å²) in [6, 6.07) is 3.15. The fraction of sp³-hybridized carbons (Fsp3) is 0.455. The summed E-state index contributed by atoms with van der Waals surface area (Å²) < 4.78 is 13.2. The van der Waals surface area contributed by atoms with Gasteiger partial charge in [-0.25, -0.2) is 4.39 Å². The maximum absolute atomic E-state index is 13.2. The molecule has 0 spiro atoms. The molecule has 1 aromatic carbocycles. The summed E-state index contributed by atoms with van der Waals surface area (Å²) in [5.74, 6) is -0.252. The second kappa shape index (κ2) is 4.98. The molecule has 0 fully saturated rings. The van der Waals surface area contributed by atoms with Gasteiger partial charge in [-0.2, -0.15) is 0 Å². The monoisotopic (exact) mass is 211 g/mol. The highest BCUT2D eigenvalue weighted by molar-refractivity contribution is 5.68. The molecule has 0 bridgehead atoms. The van der Waals surface area contributed by atoms with Gasteiger partial charge in [0, 0.05) is 20.1 Å². The van der Waals surface area contributed by atoms with E-state index in [1.807, 2.05) is 19.0 Å². The zero-order valence-corrected chi connectivity index (χ0v) is 9.47. The molecule has 0 aliphatic heterocycles. The van der Waals surface area contributed by atoms with Crippen molar-refractivity contribution in [2.75, 3.05) is 37.8 Å². The van der Waals surface area contributed by atoms with Crippen molar-refractivity contribution < 1.29 is 4.39 Å². The molecule has 3 nitrogen and oxygen atoms in total. The van der Waals surface area contributed by atoms with Crippen LogP contribution in [0.25, 0.3) is 0 Å². The topological polar surface area (TPSA) is 41.3 Å². The minimum absolute atomic E-state index is 0.252. The molecule has 0 unspecified atom stereocenters. The molecule has 4 heteroatoms. The lowest BCUT2D eigenvalue weighted by molar-refractivity contribution is 0.619. The van der Waals surface area contributed by atoms with Crippen LogP contribution in [-0.2, 0) is 0 Å². The Morgan fingerprint density at radius 2 is 2.13 bits per heavy atom. The predicted molar refractivity (Wildman–Crippen MR) is 62.7 cm³/mol. The number of likely N-dealkylation sites (N-methyl/N-ethyl adjacent to an activating group) is 2. The molecule has 0 saturated carbocycles. The van der Waals surface area contributed by atoms with Gasteiger partial charge in [-0.1, -0.05) is 0 Å². The molecule has 84 valence electrons. The zero-order valence-electron chi connectivity index (χ0n) is 9.47. The van der Waals surface area contributed by atoms with Crippen LogP contribution >= 0.6 is 0 Å². The van der Waals surface area contributed by atoms with Crippen LogP contribution in [-0.4, -0.2) is 27.2 Å². The quantitative estimate of drug-likeness (QED) is 0.739. The van der Waals surface area contributed by atoms with Crippen LogP contribution in [0.2, 0.25) is 0 Å². The van der Waals surface area contributed by atoms with E-state index in [0.29, 0.717) is 11.3 Å². The summed E-state index contributed by atoms with van der Waals surface area (Å²) in [5, 5.41) is 3.06. The molecule has 0 aliphatic rings. The lowest BCUT2D eigenvalue weighted by Crippen LogP contribution is -2.27. The van der Waals surface area contributed by atoms with E-state index in [9.17, 15) is 4.39 Å². The number of halogens is 1. The van der Waals surface area contributed by atoms with Gasteiger partial charge in [0.1, 0.15) is 5.82 Å².